The van der Waals surface area contributed by atoms with Crippen LogP contribution in [-0.4, -0.2) is 45.8 Å². The van der Waals surface area contributed by atoms with E-state index in [2.05, 4.69) is 34.4 Å². The van der Waals surface area contributed by atoms with Crippen molar-refractivity contribution in [1.29, 1.82) is 0 Å². The fourth-order valence-electron chi connectivity index (χ4n) is 5.48. The van der Waals surface area contributed by atoms with E-state index in [1.54, 1.807) is 0 Å². The van der Waals surface area contributed by atoms with Gasteiger partial charge < -0.3 is 4.74 Å². The third-order valence-corrected chi connectivity index (χ3v) is 8.10. The van der Waals surface area contributed by atoms with Crippen molar-refractivity contribution < 1.29 is 14.3 Å². The van der Waals surface area contributed by atoms with Gasteiger partial charge in [0.05, 0.1) is 13.2 Å². The zero-order valence-electron chi connectivity index (χ0n) is 11.8. The minimum atomic E-state index is -0.505. The summed E-state index contributed by atoms with van der Waals surface area (Å²) in [7, 11) is 1.40. The number of ether oxygens (including phenoxy) is 1. The third-order valence-electron chi connectivity index (χ3n) is 6.14. The SMILES string of the molecule is COC(=O)C1C(=O)C2C3CC(C)CC4N2CC1CC34I. The zero-order valence-corrected chi connectivity index (χ0v) is 14.0. The molecule has 0 aromatic carbocycles. The van der Waals surface area contributed by atoms with Crippen LogP contribution in [0.15, 0.2) is 0 Å². The number of methoxy groups -OCH3 is 1. The average molecular weight is 389 g/mol. The molecule has 4 nitrogen and oxygen atoms in total. The fraction of sp³-hybridized carbons (Fsp3) is 0.867. The van der Waals surface area contributed by atoms with Crippen molar-refractivity contribution in [3.63, 3.8) is 0 Å². The molecular formula is C15H20INO3. The molecule has 20 heavy (non-hydrogen) atoms. The van der Waals surface area contributed by atoms with E-state index in [1.165, 1.54) is 13.5 Å². The number of carbonyl (C=O) groups is 2. The first-order valence-corrected chi connectivity index (χ1v) is 8.61. The molecule has 4 aliphatic rings. The van der Waals surface area contributed by atoms with Crippen LogP contribution in [-0.2, 0) is 14.3 Å². The first kappa shape index (κ1) is 13.5. The van der Waals surface area contributed by atoms with Gasteiger partial charge in [-0.05, 0) is 37.0 Å². The van der Waals surface area contributed by atoms with Gasteiger partial charge in [-0.15, -0.1) is 0 Å². The number of halogens is 1. The van der Waals surface area contributed by atoms with Crippen LogP contribution in [0.4, 0.5) is 0 Å². The Balaban J connectivity index is 1.78. The lowest BCUT2D eigenvalue weighted by atomic mass is 9.70. The van der Waals surface area contributed by atoms with Crippen molar-refractivity contribution in [2.24, 2.45) is 23.7 Å². The lowest BCUT2D eigenvalue weighted by Gasteiger charge is -2.49. The van der Waals surface area contributed by atoms with Crippen molar-refractivity contribution in [2.75, 3.05) is 13.7 Å². The summed E-state index contributed by atoms with van der Waals surface area (Å²) in [4.78, 5) is 27.4. The number of alkyl halides is 1. The van der Waals surface area contributed by atoms with Crippen molar-refractivity contribution in [1.82, 2.24) is 4.90 Å². The Kier molecular flexibility index (Phi) is 2.82. The third kappa shape index (κ3) is 1.46. The number of hydrogen-bond acceptors (Lipinski definition) is 4. The van der Waals surface area contributed by atoms with Crippen molar-refractivity contribution in [2.45, 2.75) is 41.7 Å². The molecular weight excluding hydrogens is 369 g/mol. The van der Waals surface area contributed by atoms with Crippen LogP contribution < -0.4 is 0 Å². The minimum Gasteiger partial charge on any atom is -0.468 e. The lowest BCUT2D eigenvalue weighted by molar-refractivity contribution is -0.157. The summed E-state index contributed by atoms with van der Waals surface area (Å²) in [5, 5.41) is 0. The average Bonchev–Trinajstić information content (AvgIpc) is 2.55. The van der Waals surface area contributed by atoms with Gasteiger partial charge in [-0.3, -0.25) is 14.5 Å². The van der Waals surface area contributed by atoms with Gasteiger partial charge in [-0.2, -0.15) is 0 Å². The van der Waals surface area contributed by atoms with E-state index in [4.69, 9.17) is 4.74 Å². The molecule has 0 spiro atoms. The highest BCUT2D eigenvalue weighted by Crippen LogP contribution is 2.63. The summed E-state index contributed by atoms with van der Waals surface area (Å²) in [5.74, 6) is 0.624. The van der Waals surface area contributed by atoms with E-state index >= 15 is 0 Å². The van der Waals surface area contributed by atoms with Crippen LogP contribution in [0.5, 0.6) is 0 Å². The van der Waals surface area contributed by atoms with E-state index in [-0.39, 0.29) is 27.1 Å². The van der Waals surface area contributed by atoms with Crippen LogP contribution in [0.2, 0.25) is 0 Å². The molecule has 4 fully saturated rings. The minimum absolute atomic E-state index is 0.0234. The maximum absolute atomic E-state index is 12.9. The highest BCUT2D eigenvalue weighted by molar-refractivity contribution is 14.1. The molecule has 5 heteroatoms. The number of nitrogens with zero attached hydrogens (tertiary/aromatic N) is 1. The first-order valence-electron chi connectivity index (χ1n) is 7.53. The van der Waals surface area contributed by atoms with Gasteiger partial charge in [-0.1, -0.05) is 29.5 Å². The van der Waals surface area contributed by atoms with Gasteiger partial charge in [0.15, 0.2) is 5.78 Å². The van der Waals surface area contributed by atoms with E-state index < -0.39 is 5.92 Å². The molecule has 110 valence electrons. The van der Waals surface area contributed by atoms with E-state index in [0.717, 1.165) is 19.4 Å². The first-order chi connectivity index (χ1) is 9.47. The molecule has 0 N–H and O–H groups in total. The highest BCUT2D eigenvalue weighted by Gasteiger charge is 2.70. The number of hydrogen-bond donors (Lipinski definition) is 0. The zero-order chi connectivity index (χ0) is 14.2. The maximum Gasteiger partial charge on any atom is 0.316 e. The molecule has 3 saturated heterocycles. The largest absolute Gasteiger partial charge is 0.468 e. The highest BCUT2D eigenvalue weighted by atomic mass is 127. The maximum atomic E-state index is 12.9. The molecule has 0 aromatic heterocycles. The molecule has 4 rings (SSSR count). The van der Waals surface area contributed by atoms with Gasteiger partial charge in [0, 0.05) is 16.0 Å². The summed E-state index contributed by atoms with van der Waals surface area (Å²) in [6.45, 7) is 3.21. The second-order valence-corrected chi connectivity index (χ2v) is 9.14. The fourth-order valence-corrected chi connectivity index (χ4v) is 7.25. The molecule has 0 aromatic rings. The van der Waals surface area contributed by atoms with Gasteiger partial charge in [0.25, 0.3) is 0 Å². The van der Waals surface area contributed by atoms with Gasteiger partial charge in [-0.25, -0.2) is 0 Å². The molecule has 0 amide bonds. The molecule has 0 radical (unpaired) electrons. The number of esters is 1. The van der Waals surface area contributed by atoms with Gasteiger partial charge in [0.1, 0.15) is 5.92 Å². The molecule has 3 aliphatic heterocycles. The standard InChI is InChI=1S/C15H20INO3/c1-7-3-9-12-13(18)11(14(19)20-2)8-5-15(9,16)10(4-7)17(12)6-8/h7-12H,3-6H2,1-2H3. The Morgan fingerprint density at radius 1 is 1.45 bits per heavy atom. The number of piperidine rings is 2. The Morgan fingerprint density at radius 3 is 2.90 bits per heavy atom. The van der Waals surface area contributed by atoms with Crippen LogP contribution >= 0.6 is 22.6 Å². The molecule has 3 heterocycles. The number of carbonyl (C=O) groups excluding carboxylic acids is 2. The van der Waals surface area contributed by atoms with Crippen molar-refractivity contribution >= 4 is 34.3 Å². The predicted octanol–water partition coefficient (Wildman–Crippen LogP) is 1.65. The summed E-state index contributed by atoms with van der Waals surface area (Å²) < 4.78 is 5.11. The van der Waals surface area contributed by atoms with Crippen LogP contribution in [0.1, 0.15) is 26.2 Å². The second-order valence-electron chi connectivity index (χ2n) is 7.13. The smallest absolute Gasteiger partial charge is 0.316 e. The quantitative estimate of drug-likeness (QED) is 0.296. The Bertz CT molecular complexity index is 496. The number of Topliss-reactive ketones (excluding diaryl/α,β-unsaturated/α-hetero) is 1. The number of ketones is 1. The van der Waals surface area contributed by atoms with Crippen LogP contribution in [0, 0.1) is 23.7 Å². The number of rotatable bonds is 1. The normalized spacial score (nSPS) is 56.0. The monoisotopic (exact) mass is 389 g/mol. The molecule has 8 atom stereocenters. The Morgan fingerprint density at radius 2 is 2.20 bits per heavy atom. The Hall–Kier alpha value is -0.170. The van der Waals surface area contributed by atoms with E-state index in [0.29, 0.717) is 17.9 Å². The summed E-state index contributed by atoms with van der Waals surface area (Å²) >= 11 is 2.62. The lowest BCUT2D eigenvalue weighted by Crippen LogP contribution is -2.60. The van der Waals surface area contributed by atoms with Crippen LogP contribution in [0.25, 0.3) is 0 Å². The van der Waals surface area contributed by atoms with E-state index in [1.807, 2.05) is 0 Å². The number of fused-ring (bicyclic) bond motifs is 2. The molecule has 5 bridgehead atoms. The molecule has 1 saturated carbocycles. The summed E-state index contributed by atoms with van der Waals surface area (Å²) in [6.07, 6.45) is 3.35. The summed E-state index contributed by atoms with van der Waals surface area (Å²) in [6, 6.07) is 0.519. The molecule has 8 unspecified atom stereocenters. The Labute approximate surface area is 132 Å². The van der Waals surface area contributed by atoms with Crippen molar-refractivity contribution in [3.8, 4) is 0 Å². The topological polar surface area (TPSA) is 46.6 Å². The predicted molar refractivity (Wildman–Crippen MR) is 81.5 cm³/mol. The van der Waals surface area contributed by atoms with Crippen molar-refractivity contribution in [3.05, 3.63) is 0 Å². The van der Waals surface area contributed by atoms with Crippen LogP contribution in [0.3, 0.4) is 0 Å². The van der Waals surface area contributed by atoms with Gasteiger partial charge in [0.2, 0.25) is 0 Å². The van der Waals surface area contributed by atoms with E-state index in [9.17, 15) is 9.59 Å². The second kappa shape index (κ2) is 4.18. The summed E-state index contributed by atoms with van der Waals surface area (Å²) in [5.41, 5.74) is 0. The van der Waals surface area contributed by atoms with Gasteiger partial charge >= 0.3 is 5.97 Å². The molecule has 1 aliphatic carbocycles.